The summed E-state index contributed by atoms with van der Waals surface area (Å²) < 4.78 is 2.87. The zero-order valence-electron chi connectivity index (χ0n) is 35.1. The number of fused-ring (bicyclic) bond motifs is 4. The first-order valence-electron chi connectivity index (χ1n) is 21.2. The van der Waals surface area contributed by atoms with Crippen LogP contribution in [-0.4, -0.2) is 9.13 Å². The Balaban J connectivity index is 1.38. The van der Waals surface area contributed by atoms with E-state index in [4.69, 9.17) is 0 Å². The van der Waals surface area contributed by atoms with Gasteiger partial charge in [-0.15, -0.1) is 0 Å². The van der Waals surface area contributed by atoms with Crippen LogP contribution >= 0.6 is 0 Å². The Morgan fingerprint density at radius 1 is 0.300 bits per heavy atom. The molecule has 0 saturated heterocycles. The molecule has 0 spiro atoms. The van der Waals surface area contributed by atoms with Gasteiger partial charge in [-0.25, -0.2) is 9.13 Å². The molecule has 0 unspecified atom stereocenters. The normalized spacial score (nSPS) is 12.9. The number of para-hydroxylation sites is 2. The molecule has 0 amide bonds. The molecule has 2 aromatic heterocycles. The lowest BCUT2D eigenvalue weighted by Crippen LogP contribution is -2.34. The number of hydrogen-bond donors (Lipinski definition) is 0. The van der Waals surface area contributed by atoms with Crippen molar-refractivity contribution in [3.05, 3.63) is 161 Å². The van der Waals surface area contributed by atoms with E-state index in [9.17, 15) is 0 Å². The summed E-state index contributed by atoms with van der Waals surface area (Å²) in [6, 6.07) is 32.1. The number of pyridine rings is 2. The zero-order valence-corrected chi connectivity index (χ0v) is 35.1. The summed E-state index contributed by atoms with van der Waals surface area (Å²) in [5, 5.41) is 12.3. The fraction of sp³-hybridized carbons (Fsp3) is 0.222. The fourth-order valence-electron chi connectivity index (χ4n) is 10.8. The molecule has 0 saturated carbocycles. The first kappa shape index (κ1) is 36.4. The van der Waals surface area contributed by atoms with E-state index in [-0.39, 0.29) is 45.9 Å². The van der Waals surface area contributed by atoms with E-state index in [0.29, 0.717) is 43.7 Å². The van der Waals surface area contributed by atoms with Crippen LogP contribution in [0.5, 0.6) is 0 Å². The van der Waals surface area contributed by atoms with Crippen LogP contribution in [0.3, 0.4) is 0 Å². The highest BCUT2D eigenvalue weighted by Crippen LogP contribution is 2.51. The maximum Gasteiger partial charge on any atom is 0.266 e. The summed E-state index contributed by atoms with van der Waals surface area (Å²) in [6.07, 6.45) is 0. The topological polar surface area (TPSA) is 78.1 Å². The van der Waals surface area contributed by atoms with Gasteiger partial charge in [0.25, 0.3) is 22.2 Å². The van der Waals surface area contributed by atoms with Crippen LogP contribution in [-0.2, 0) is 0 Å². The number of hydrogen-bond acceptors (Lipinski definition) is 4. The quantitative estimate of drug-likeness (QED) is 0.124. The molecule has 0 N–H and O–H groups in total. The van der Waals surface area contributed by atoms with Gasteiger partial charge in [0.15, 0.2) is 0 Å². The average Bonchev–Trinajstić information content (AvgIpc) is 3.23. The molecule has 11 rings (SSSR count). The molecule has 2 heterocycles. The third kappa shape index (κ3) is 4.48. The number of benzene rings is 9. The minimum absolute atomic E-state index is 0.0779. The van der Waals surface area contributed by atoms with Crippen molar-refractivity contribution in [1.82, 2.24) is 9.13 Å². The third-order valence-corrected chi connectivity index (χ3v) is 13.5. The second kappa shape index (κ2) is 12.4. The number of aromatic nitrogens is 2. The molecular formula is C54H44N2O4. The van der Waals surface area contributed by atoms with Gasteiger partial charge in [0.2, 0.25) is 0 Å². The van der Waals surface area contributed by atoms with Crippen LogP contribution in [0.2, 0.25) is 0 Å². The van der Waals surface area contributed by atoms with Crippen LogP contribution in [0.15, 0.2) is 116 Å². The van der Waals surface area contributed by atoms with E-state index < -0.39 is 0 Å². The van der Waals surface area contributed by atoms with Crippen molar-refractivity contribution in [2.45, 2.75) is 79.1 Å². The molecule has 0 fully saturated rings. The van der Waals surface area contributed by atoms with E-state index >= 15 is 19.2 Å². The van der Waals surface area contributed by atoms with Crippen LogP contribution in [0.4, 0.5) is 0 Å². The van der Waals surface area contributed by atoms with Crippen molar-refractivity contribution in [3.63, 3.8) is 0 Å². The Morgan fingerprint density at radius 3 is 0.933 bits per heavy atom. The molecule has 294 valence electrons. The third-order valence-electron chi connectivity index (χ3n) is 13.5. The lowest BCUT2D eigenvalue weighted by molar-refractivity contribution is 0.792. The highest BCUT2D eigenvalue weighted by atomic mass is 16.2. The van der Waals surface area contributed by atoms with Gasteiger partial charge in [-0.3, -0.25) is 19.2 Å². The average molecular weight is 785 g/mol. The predicted octanol–water partition coefficient (Wildman–Crippen LogP) is 12.2. The predicted molar refractivity (Wildman–Crippen MR) is 251 cm³/mol. The van der Waals surface area contributed by atoms with Gasteiger partial charge in [-0.1, -0.05) is 128 Å². The molecule has 0 radical (unpaired) electrons. The fourth-order valence-corrected chi connectivity index (χ4v) is 10.8. The Hall–Kier alpha value is -6.66. The van der Waals surface area contributed by atoms with Crippen LogP contribution in [0.1, 0.15) is 101 Å². The lowest BCUT2D eigenvalue weighted by Gasteiger charge is -2.25. The van der Waals surface area contributed by atoms with Crippen molar-refractivity contribution < 1.29 is 0 Å². The van der Waals surface area contributed by atoms with E-state index in [0.717, 1.165) is 76.1 Å². The van der Waals surface area contributed by atoms with Gasteiger partial charge in [0.1, 0.15) is 0 Å². The van der Waals surface area contributed by atoms with Gasteiger partial charge in [-0.2, -0.15) is 0 Å². The summed E-state index contributed by atoms with van der Waals surface area (Å²) in [4.78, 5) is 60.5. The first-order chi connectivity index (χ1) is 28.8. The van der Waals surface area contributed by atoms with E-state index in [1.807, 2.05) is 84.9 Å². The standard InChI is InChI=1S/C54H44N2O4/c1-25(2)29-15-11-16-30(26(3)4)49(29)55-51(57)37-21-19-35-36-20-22-38-44-42(54(60)56(52(38)58)50-31(27(5)6)17-12-18-32(50)28(7)8)24-40-34-14-10-9-13-33(34)39-23-41(53(55)59)43(37)45(35)47(39)48(40)46(36)44/h9-28H,1-8H3. The van der Waals surface area contributed by atoms with E-state index in [1.54, 1.807) is 0 Å². The molecule has 0 aliphatic rings. The minimum atomic E-state index is -0.333. The molecule has 6 heteroatoms. The Bertz CT molecular complexity index is 3560. The van der Waals surface area contributed by atoms with Crippen molar-refractivity contribution in [2.75, 3.05) is 0 Å². The highest BCUT2D eigenvalue weighted by Gasteiger charge is 2.30. The summed E-state index contributed by atoms with van der Waals surface area (Å²) in [5.41, 5.74) is 3.85. The molecule has 60 heavy (non-hydrogen) atoms. The highest BCUT2D eigenvalue weighted by molar-refractivity contribution is 6.48. The number of rotatable bonds is 6. The lowest BCUT2D eigenvalue weighted by atomic mass is 9.80. The summed E-state index contributed by atoms with van der Waals surface area (Å²) in [7, 11) is 0. The molecular weight excluding hydrogens is 741 g/mol. The van der Waals surface area contributed by atoms with Crippen molar-refractivity contribution in [2.24, 2.45) is 0 Å². The molecule has 6 nitrogen and oxygen atoms in total. The largest absolute Gasteiger partial charge is 0.268 e. The molecule has 9 aromatic carbocycles. The molecule has 0 bridgehead atoms. The van der Waals surface area contributed by atoms with E-state index in [1.165, 1.54) is 9.13 Å². The molecule has 0 aliphatic carbocycles. The molecule has 0 aliphatic heterocycles. The van der Waals surface area contributed by atoms with Crippen molar-refractivity contribution in [1.29, 1.82) is 0 Å². The molecule has 11 aromatic rings. The molecule has 0 atom stereocenters. The van der Waals surface area contributed by atoms with E-state index in [2.05, 4.69) is 67.5 Å². The first-order valence-corrected chi connectivity index (χ1v) is 21.2. The monoisotopic (exact) mass is 784 g/mol. The zero-order chi connectivity index (χ0) is 41.8. The Labute approximate surface area is 345 Å². The van der Waals surface area contributed by atoms with Gasteiger partial charge >= 0.3 is 0 Å². The Morgan fingerprint density at radius 2 is 0.600 bits per heavy atom. The minimum Gasteiger partial charge on any atom is -0.268 e. The summed E-state index contributed by atoms with van der Waals surface area (Å²) >= 11 is 0. The SMILES string of the molecule is CC(C)c1cccc(C(C)C)c1-n1c(=O)c2ccc3c4ccc5c(=O)n(-c6c(C(C)C)cccc6C(C)C)c(=O)c6cc7c8ccccc8c8cc(c1=O)c2c3c8c7c4c56. The summed E-state index contributed by atoms with van der Waals surface area (Å²) in [5.74, 6) is 0.312. The second-order valence-electron chi connectivity index (χ2n) is 18.1. The maximum absolute atomic E-state index is 15.2. The summed E-state index contributed by atoms with van der Waals surface area (Å²) in [6.45, 7) is 16.8. The van der Waals surface area contributed by atoms with Gasteiger partial charge in [0, 0.05) is 32.3 Å². The van der Waals surface area contributed by atoms with Crippen molar-refractivity contribution in [3.8, 4) is 11.4 Å². The van der Waals surface area contributed by atoms with Crippen LogP contribution in [0.25, 0.3) is 97.6 Å². The van der Waals surface area contributed by atoms with Crippen LogP contribution in [0, 0.1) is 0 Å². The second-order valence-corrected chi connectivity index (χ2v) is 18.1. The maximum atomic E-state index is 15.2. The van der Waals surface area contributed by atoms with Gasteiger partial charge < -0.3 is 0 Å². The van der Waals surface area contributed by atoms with Gasteiger partial charge in [0.05, 0.1) is 11.4 Å². The van der Waals surface area contributed by atoms with Gasteiger partial charge in [-0.05, 0) is 124 Å². The Kier molecular flexibility index (Phi) is 7.55. The van der Waals surface area contributed by atoms with Crippen LogP contribution < -0.4 is 22.2 Å². The smallest absolute Gasteiger partial charge is 0.266 e. The van der Waals surface area contributed by atoms with Crippen molar-refractivity contribution >= 4 is 86.2 Å². The number of nitrogens with zero attached hydrogens (tertiary/aromatic N) is 2.